The molecule has 3 heteroatoms. The molecule has 1 heterocycles. The summed E-state index contributed by atoms with van der Waals surface area (Å²) in [5.41, 5.74) is 1.15. The van der Waals surface area contributed by atoms with Crippen molar-refractivity contribution in [3.05, 3.63) is 11.9 Å². The topological polar surface area (TPSA) is 30.7 Å². The first-order chi connectivity index (χ1) is 7.36. The van der Waals surface area contributed by atoms with E-state index in [4.69, 9.17) is 0 Å². The van der Waals surface area contributed by atoms with Crippen LogP contribution in [0.15, 0.2) is 6.20 Å². The van der Waals surface area contributed by atoms with Gasteiger partial charge in [-0.05, 0) is 19.3 Å². The predicted molar refractivity (Wildman–Crippen MR) is 62.8 cm³/mol. The van der Waals surface area contributed by atoms with Crippen molar-refractivity contribution in [3.8, 4) is 0 Å². The first-order valence-electron chi connectivity index (χ1n) is 6.25. The van der Waals surface area contributed by atoms with Crippen molar-refractivity contribution in [2.75, 3.05) is 0 Å². The van der Waals surface area contributed by atoms with E-state index in [1.165, 1.54) is 38.5 Å². The maximum atomic E-state index is 4.18. The predicted octanol–water partition coefficient (Wildman–Crippen LogP) is 3.20. The Kier molecular flexibility index (Phi) is 6.05. The maximum Gasteiger partial charge on any atom is 0.0827 e. The number of hydrogen-bond donors (Lipinski definition) is 0. The molecule has 1 rings (SSSR count). The smallest absolute Gasteiger partial charge is 0.0827 e. The van der Waals surface area contributed by atoms with Gasteiger partial charge in [-0.2, -0.15) is 0 Å². The van der Waals surface area contributed by atoms with Crippen molar-refractivity contribution in [2.45, 2.75) is 65.3 Å². The molecule has 0 radical (unpaired) electrons. The van der Waals surface area contributed by atoms with E-state index in [0.29, 0.717) is 0 Å². The maximum absolute atomic E-state index is 4.18. The highest BCUT2D eigenvalue weighted by molar-refractivity contribution is 4.92. The molecular formula is C12H23N3. The van der Waals surface area contributed by atoms with E-state index in [2.05, 4.69) is 30.4 Å². The molecule has 0 atom stereocenters. The molecule has 0 saturated carbocycles. The lowest BCUT2D eigenvalue weighted by Crippen LogP contribution is -1.97. The second kappa shape index (κ2) is 7.43. The molecule has 0 aromatic carbocycles. The van der Waals surface area contributed by atoms with Crippen molar-refractivity contribution in [3.63, 3.8) is 0 Å². The molecule has 0 N–H and O–H groups in total. The van der Waals surface area contributed by atoms with Gasteiger partial charge in [0.25, 0.3) is 0 Å². The lowest BCUT2D eigenvalue weighted by molar-refractivity contribution is 0.553. The fraction of sp³-hybridized carbons (Fsp3) is 0.833. The molecule has 0 amide bonds. The Balaban J connectivity index is 2.20. The van der Waals surface area contributed by atoms with Gasteiger partial charge in [0.1, 0.15) is 0 Å². The molecule has 0 aliphatic heterocycles. The molecule has 86 valence electrons. The molecule has 0 spiro atoms. The first kappa shape index (κ1) is 12.2. The molecule has 0 unspecified atom stereocenters. The van der Waals surface area contributed by atoms with Gasteiger partial charge < -0.3 is 0 Å². The minimum atomic E-state index is 1.01. The summed E-state index contributed by atoms with van der Waals surface area (Å²) in [6.07, 6.45) is 10.8. The van der Waals surface area contributed by atoms with Crippen LogP contribution >= 0.6 is 0 Å². The van der Waals surface area contributed by atoms with Crippen molar-refractivity contribution in [2.24, 2.45) is 0 Å². The van der Waals surface area contributed by atoms with Gasteiger partial charge in [0, 0.05) is 12.7 Å². The average molecular weight is 209 g/mol. The van der Waals surface area contributed by atoms with E-state index >= 15 is 0 Å². The Morgan fingerprint density at radius 1 is 1.07 bits per heavy atom. The van der Waals surface area contributed by atoms with E-state index in [0.717, 1.165) is 18.7 Å². The fourth-order valence-corrected chi connectivity index (χ4v) is 1.62. The highest BCUT2D eigenvalue weighted by atomic mass is 15.4. The number of aryl methyl sites for hydroxylation is 2. The Morgan fingerprint density at radius 2 is 1.87 bits per heavy atom. The fourth-order valence-electron chi connectivity index (χ4n) is 1.62. The molecule has 0 aliphatic rings. The van der Waals surface area contributed by atoms with Crippen LogP contribution in [-0.4, -0.2) is 15.0 Å². The molecule has 15 heavy (non-hydrogen) atoms. The number of unbranched alkanes of at least 4 members (excludes halogenated alkanes) is 4. The monoisotopic (exact) mass is 209 g/mol. The molecule has 1 aromatic rings. The van der Waals surface area contributed by atoms with Crippen LogP contribution in [0.3, 0.4) is 0 Å². The summed E-state index contributed by atoms with van der Waals surface area (Å²) in [5, 5.41) is 8.30. The number of hydrogen-bond acceptors (Lipinski definition) is 2. The van der Waals surface area contributed by atoms with Crippen LogP contribution in [0, 0.1) is 0 Å². The van der Waals surface area contributed by atoms with Crippen LogP contribution in [0.5, 0.6) is 0 Å². The second-order valence-corrected chi connectivity index (χ2v) is 4.14. The Morgan fingerprint density at radius 3 is 2.60 bits per heavy atom. The highest BCUT2D eigenvalue weighted by Crippen LogP contribution is 2.05. The second-order valence-electron chi connectivity index (χ2n) is 4.14. The summed E-state index contributed by atoms with van der Waals surface area (Å²) in [6.45, 7) is 5.45. The minimum absolute atomic E-state index is 1.01. The van der Waals surface area contributed by atoms with Gasteiger partial charge in [0.2, 0.25) is 0 Å². The largest absolute Gasteiger partial charge is 0.252 e. The van der Waals surface area contributed by atoms with E-state index in [1.807, 2.05) is 4.68 Å². The summed E-state index contributed by atoms with van der Waals surface area (Å²) in [7, 11) is 0. The quantitative estimate of drug-likeness (QED) is 0.615. The third-order valence-electron chi connectivity index (χ3n) is 2.61. The van der Waals surface area contributed by atoms with Crippen molar-refractivity contribution >= 4 is 0 Å². The van der Waals surface area contributed by atoms with Gasteiger partial charge in [-0.25, -0.2) is 0 Å². The Bertz CT molecular complexity index is 255. The number of aromatic nitrogens is 3. The lowest BCUT2D eigenvalue weighted by Gasteiger charge is -1.96. The number of nitrogens with zero attached hydrogens (tertiary/aromatic N) is 3. The zero-order valence-electron chi connectivity index (χ0n) is 10.1. The van der Waals surface area contributed by atoms with Gasteiger partial charge in [0.05, 0.1) is 5.69 Å². The van der Waals surface area contributed by atoms with E-state index < -0.39 is 0 Å². The van der Waals surface area contributed by atoms with Crippen LogP contribution in [-0.2, 0) is 13.0 Å². The van der Waals surface area contributed by atoms with Gasteiger partial charge in [-0.3, -0.25) is 4.68 Å². The van der Waals surface area contributed by atoms with Crippen molar-refractivity contribution < 1.29 is 0 Å². The van der Waals surface area contributed by atoms with Crippen LogP contribution in [0.4, 0.5) is 0 Å². The van der Waals surface area contributed by atoms with Gasteiger partial charge in [-0.15, -0.1) is 5.10 Å². The Hall–Kier alpha value is -0.860. The van der Waals surface area contributed by atoms with Crippen LogP contribution in [0.2, 0.25) is 0 Å². The molecule has 0 bridgehead atoms. The van der Waals surface area contributed by atoms with Crippen LogP contribution in [0.1, 0.15) is 58.1 Å². The standard InChI is InChI=1S/C12H23N3/c1-3-5-7-8-9-12-11-15(14-13-12)10-6-4-2/h11H,3-10H2,1-2H3. The van der Waals surface area contributed by atoms with Gasteiger partial charge in [-0.1, -0.05) is 44.7 Å². The normalized spacial score (nSPS) is 10.8. The van der Waals surface area contributed by atoms with Crippen LogP contribution in [0.25, 0.3) is 0 Å². The zero-order valence-corrected chi connectivity index (χ0v) is 10.1. The van der Waals surface area contributed by atoms with Gasteiger partial charge >= 0.3 is 0 Å². The summed E-state index contributed by atoms with van der Waals surface area (Å²) in [6, 6.07) is 0. The molecule has 3 nitrogen and oxygen atoms in total. The summed E-state index contributed by atoms with van der Waals surface area (Å²) >= 11 is 0. The van der Waals surface area contributed by atoms with Crippen molar-refractivity contribution in [1.29, 1.82) is 0 Å². The summed E-state index contributed by atoms with van der Waals surface area (Å²) in [5.74, 6) is 0. The first-order valence-corrected chi connectivity index (χ1v) is 6.25. The minimum Gasteiger partial charge on any atom is -0.252 e. The lowest BCUT2D eigenvalue weighted by atomic mass is 10.1. The molecule has 1 aromatic heterocycles. The average Bonchev–Trinajstić information content (AvgIpc) is 2.69. The molecule has 0 aliphatic carbocycles. The van der Waals surface area contributed by atoms with E-state index in [-0.39, 0.29) is 0 Å². The van der Waals surface area contributed by atoms with E-state index in [1.54, 1.807) is 0 Å². The summed E-state index contributed by atoms with van der Waals surface area (Å²) < 4.78 is 1.97. The molecule has 0 saturated heterocycles. The number of rotatable bonds is 8. The molecular weight excluding hydrogens is 186 g/mol. The third-order valence-corrected chi connectivity index (χ3v) is 2.61. The molecule has 0 fully saturated rings. The van der Waals surface area contributed by atoms with Crippen LogP contribution < -0.4 is 0 Å². The Labute approximate surface area is 92.9 Å². The van der Waals surface area contributed by atoms with E-state index in [9.17, 15) is 0 Å². The highest BCUT2D eigenvalue weighted by Gasteiger charge is 1.99. The zero-order chi connectivity index (χ0) is 10.9. The van der Waals surface area contributed by atoms with Gasteiger partial charge in [0.15, 0.2) is 0 Å². The SMILES string of the molecule is CCCCCCc1cn(CCCC)nn1. The summed E-state index contributed by atoms with van der Waals surface area (Å²) in [4.78, 5) is 0. The third kappa shape index (κ3) is 4.96. The van der Waals surface area contributed by atoms with Crippen molar-refractivity contribution in [1.82, 2.24) is 15.0 Å².